The highest BCUT2D eigenvalue weighted by Gasteiger charge is 2.20. The molecule has 7 heteroatoms. The summed E-state index contributed by atoms with van der Waals surface area (Å²) in [6, 6.07) is 12.0. The SMILES string of the molecule is COCc1c(C(=O)NCCOc2ccc(OC)cc2)sc2cccc(F)c12. The average Bonchev–Trinajstić information content (AvgIpc) is 3.06. The number of hydrogen-bond acceptors (Lipinski definition) is 5. The number of ether oxygens (including phenoxy) is 3. The third-order valence-corrected chi connectivity index (χ3v) is 5.17. The van der Waals surface area contributed by atoms with Gasteiger partial charge < -0.3 is 19.5 Å². The lowest BCUT2D eigenvalue weighted by Gasteiger charge is -2.09. The van der Waals surface area contributed by atoms with Crippen molar-refractivity contribution >= 4 is 27.3 Å². The van der Waals surface area contributed by atoms with E-state index in [1.165, 1.54) is 24.5 Å². The second-order valence-corrected chi connectivity index (χ2v) is 6.79. The number of benzene rings is 2. The van der Waals surface area contributed by atoms with E-state index >= 15 is 0 Å². The first-order valence-electron chi connectivity index (χ1n) is 8.38. The van der Waals surface area contributed by atoms with E-state index in [-0.39, 0.29) is 18.3 Å². The minimum atomic E-state index is -0.349. The number of fused-ring (bicyclic) bond motifs is 1. The van der Waals surface area contributed by atoms with Crippen molar-refractivity contribution in [2.45, 2.75) is 6.61 Å². The Bertz CT molecular complexity index is 924. The van der Waals surface area contributed by atoms with Crippen molar-refractivity contribution in [3.63, 3.8) is 0 Å². The van der Waals surface area contributed by atoms with Gasteiger partial charge in [-0.25, -0.2) is 4.39 Å². The maximum atomic E-state index is 14.2. The van der Waals surface area contributed by atoms with Crippen LogP contribution in [0.3, 0.4) is 0 Å². The van der Waals surface area contributed by atoms with Crippen LogP contribution in [0.15, 0.2) is 42.5 Å². The minimum Gasteiger partial charge on any atom is -0.497 e. The second-order valence-electron chi connectivity index (χ2n) is 5.74. The maximum Gasteiger partial charge on any atom is 0.261 e. The number of hydrogen-bond donors (Lipinski definition) is 1. The standard InChI is InChI=1S/C20H20FNO4S/c1-24-12-15-18-16(21)4-3-5-17(18)27-19(15)20(23)22-10-11-26-14-8-6-13(25-2)7-9-14/h3-9H,10-12H2,1-2H3,(H,22,23). The van der Waals surface area contributed by atoms with Crippen LogP contribution in [-0.4, -0.2) is 33.3 Å². The molecule has 0 unspecified atom stereocenters. The van der Waals surface area contributed by atoms with E-state index in [0.717, 1.165) is 10.4 Å². The van der Waals surface area contributed by atoms with Crippen LogP contribution in [0.5, 0.6) is 11.5 Å². The molecule has 0 aliphatic carbocycles. The summed E-state index contributed by atoms with van der Waals surface area (Å²) in [6.45, 7) is 0.816. The number of carbonyl (C=O) groups is 1. The zero-order valence-electron chi connectivity index (χ0n) is 15.1. The van der Waals surface area contributed by atoms with Crippen molar-refractivity contribution in [1.82, 2.24) is 5.32 Å². The van der Waals surface area contributed by atoms with Crippen LogP contribution in [-0.2, 0) is 11.3 Å². The summed E-state index contributed by atoms with van der Waals surface area (Å²) >= 11 is 1.26. The summed E-state index contributed by atoms with van der Waals surface area (Å²) in [6.07, 6.45) is 0. The van der Waals surface area contributed by atoms with Crippen LogP contribution in [0, 0.1) is 5.82 Å². The zero-order chi connectivity index (χ0) is 19.2. The Morgan fingerprint density at radius 2 is 1.85 bits per heavy atom. The maximum absolute atomic E-state index is 14.2. The summed E-state index contributed by atoms with van der Waals surface area (Å²) in [5.41, 5.74) is 0.573. The molecule has 0 spiro atoms. The predicted octanol–water partition coefficient (Wildman–Crippen LogP) is 4.00. The van der Waals surface area contributed by atoms with Gasteiger partial charge >= 0.3 is 0 Å². The summed E-state index contributed by atoms with van der Waals surface area (Å²) in [5, 5.41) is 3.26. The number of nitrogens with one attached hydrogen (secondary N) is 1. The molecule has 0 fully saturated rings. The molecule has 27 heavy (non-hydrogen) atoms. The lowest BCUT2D eigenvalue weighted by atomic mass is 10.1. The Morgan fingerprint density at radius 1 is 1.11 bits per heavy atom. The van der Waals surface area contributed by atoms with Crippen molar-refractivity contribution < 1.29 is 23.4 Å². The van der Waals surface area contributed by atoms with Gasteiger partial charge in [-0.15, -0.1) is 11.3 Å². The van der Waals surface area contributed by atoms with Gasteiger partial charge in [0.1, 0.15) is 23.9 Å². The Labute approximate surface area is 160 Å². The summed E-state index contributed by atoms with van der Waals surface area (Å²) in [7, 11) is 3.12. The Morgan fingerprint density at radius 3 is 2.56 bits per heavy atom. The van der Waals surface area contributed by atoms with Gasteiger partial charge in [-0.1, -0.05) is 6.07 Å². The van der Waals surface area contributed by atoms with Crippen LogP contribution < -0.4 is 14.8 Å². The molecule has 1 N–H and O–H groups in total. The van der Waals surface area contributed by atoms with E-state index < -0.39 is 0 Å². The highest BCUT2D eigenvalue weighted by molar-refractivity contribution is 7.21. The van der Waals surface area contributed by atoms with Gasteiger partial charge in [-0.2, -0.15) is 0 Å². The summed E-state index contributed by atoms with van der Waals surface area (Å²) in [4.78, 5) is 13.0. The van der Waals surface area contributed by atoms with Crippen molar-refractivity contribution in [1.29, 1.82) is 0 Å². The van der Waals surface area contributed by atoms with Gasteiger partial charge in [0.25, 0.3) is 5.91 Å². The van der Waals surface area contributed by atoms with Crippen LogP contribution in [0.2, 0.25) is 0 Å². The summed E-state index contributed by atoms with van der Waals surface area (Å²) in [5.74, 6) is 0.825. The third kappa shape index (κ3) is 4.37. The predicted molar refractivity (Wildman–Crippen MR) is 103 cm³/mol. The van der Waals surface area contributed by atoms with Gasteiger partial charge in [-0.05, 0) is 36.4 Å². The van der Waals surface area contributed by atoms with E-state index in [0.29, 0.717) is 34.7 Å². The number of carbonyl (C=O) groups excluding carboxylic acids is 1. The molecule has 0 atom stereocenters. The molecule has 1 aromatic heterocycles. The van der Waals surface area contributed by atoms with E-state index in [9.17, 15) is 9.18 Å². The van der Waals surface area contributed by atoms with Crippen molar-refractivity contribution in [2.75, 3.05) is 27.4 Å². The Kier molecular flexibility index (Phi) is 6.26. The lowest BCUT2D eigenvalue weighted by molar-refractivity contribution is 0.0947. The first-order valence-corrected chi connectivity index (χ1v) is 9.19. The zero-order valence-corrected chi connectivity index (χ0v) is 15.9. The van der Waals surface area contributed by atoms with Gasteiger partial charge in [-0.3, -0.25) is 4.79 Å². The molecule has 3 aromatic rings. The van der Waals surface area contributed by atoms with Crippen LogP contribution in [0.4, 0.5) is 4.39 Å². The summed E-state index contributed by atoms with van der Waals surface area (Å²) < 4.78 is 30.8. The molecule has 0 aliphatic rings. The van der Waals surface area contributed by atoms with Crippen molar-refractivity contribution in [3.8, 4) is 11.5 Å². The molecule has 5 nitrogen and oxygen atoms in total. The smallest absolute Gasteiger partial charge is 0.261 e. The Hall–Kier alpha value is -2.64. The van der Waals surface area contributed by atoms with Gasteiger partial charge in [0.05, 0.1) is 25.1 Å². The van der Waals surface area contributed by atoms with Gasteiger partial charge in [0.15, 0.2) is 0 Å². The highest BCUT2D eigenvalue weighted by atomic mass is 32.1. The molecule has 0 radical (unpaired) electrons. The molecule has 2 aromatic carbocycles. The molecule has 1 amide bonds. The van der Waals surface area contributed by atoms with Crippen LogP contribution in [0.1, 0.15) is 15.2 Å². The molecule has 142 valence electrons. The fourth-order valence-electron chi connectivity index (χ4n) is 2.72. The van der Waals surface area contributed by atoms with E-state index in [2.05, 4.69) is 5.32 Å². The average molecular weight is 389 g/mol. The quantitative estimate of drug-likeness (QED) is 0.592. The fourth-order valence-corrected chi connectivity index (χ4v) is 3.86. The number of rotatable bonds is 8. The number of amides is 1. The van der Waals surface area contributed by atoms with E-state index in [1.807, 2.05) is 0 Å². The largest absolute Gasteiger partial charge is 0.497 e. The molecule has 0 saturated heterocycles. The normalized spacial score (nSPS) is 10.8. The highest BCUT2D eigenvalue weighted by Crippen LogP contribution is 2.33. The topological polar surface area (TPSA) is 56.8 Å². The van der Waals surface area contributed by atoms with Crippen LogP contribution >= 0.6 is 11.3 Å². The lowest BCUT2D eigenvalue weighted by Crippen LogP contribution is -2.28. The fraction of sp³-hybridized carbons (Fsp3) is 0.250. The molecular formula is C20H20FNO4S. The number of halogens is 1. The third-order valence-electron chi connectivity index (χ3n) is 3.97. The van der Waals surface area contributed by atoms with E-state index in [1.54, 1.807) is 43.5 Å². The van der Waals surface area contributed by atoms with E-state index in [4.69, 9.17) is 14.2 Å². The number of methoxy groups -OCH3 is 2. The Balaban J connectivity index is 1.63. The van der Waals surface area contributed by atoms with Crippen molar-refractivity contribution in [3.05, 3.63) is 58.7 Å². The van der Waals surface area contributed by atoms with Crippen molar-refractivity contribution in [2.24, 2.45) is 0 Å². The minimum absolute atomic E-state index is 0.173. The first kappa shape index (κ1) is 19.1. The first-order chi connectivity index (χ1) is 13.1. The van der Waals surface area contributed by atoms with Gasteiger partial charge in [0.2, 0.25) is 0 Å². The molecule has 0 aliphatic heterocycles. The monoisotopic (exact) mass is 389 g/mol. The van der Waals surface area contributed by atoms with Crippen LogP contribution in [0.25, 0.3) is 10.1 Å². The molecule has 0 bridgehead atoms. The second kappa shape index (κ2) is 8.83. The van der Waals surface area contributed by atoms with Gasteiger partial charge in [0, 0.05) is 22.8 Å². The molecular weight excluding hydrogens is 369 g/mol. The molecule has 3 rings (SSSR count). The molecule has 0 saturated carbocycles. The number of thiophene rings is 1. The molecule has 1 heterocycles.